The number of fused-ring (bicyclic) bond motifs is 1. The van der Waals surface area contributed by atoms with Crippen molar-refractivity contribution in [3.8, 4) is 5.75 Å². The van der Waals surface area contributed by atoms with Crippen LogP contribution in [0.5, 0.6) is 5.75 Å². The highest BCUT2D eigenvalue weighted by Gasteiger charge is 2.24. The van der Waals surface area contributed by atoms with Gasteiger partial charge in [-0.25, -0.2) is 9.97 Å². The Morgan fingerprint density at radius 1 is 1.00 bits per heavy atom. The second-order valence-electron chi connectivity index (χ2n) is 8.00. The monoisotopic (exact) mass is 421 g/mol. The Balaban J connectivity index is 1.28. The van der Waals surface area contributed by atoms with Gasteiger partial charge in [-0.15, -0.1) is 0 Å². The minimum atomic E-state index is 0.152. The topological polar surface area (TPSA) is 111 Å². The van der Waals surface area contributed by atoms with Crippen LogP contribution in [0.4, 0.5) is 17.5 Å². The highest BCUT2D eigenvalue weighted by atomic mass is 16.5. The number of rotatable bonds is 5. The third-order valence-corrected chi connectivity index (χ3v) is 5.89. The van der Waals surface area contributed by atoms with E-state index in [-0.39, 0.29) is 12.1 Å². The molecule has 1 aliphatic carbocycles. The molecule has 3 heterocycles. The van der Waals surface area contributed by atoms with Gasteiger partial charge < -0.3 is 25.4 Å². The zero-order valence-corrected chi connectivity index (χ0v) is 17.4. The first-order chi connectivity index (χ1) is 15.2. The van der Waals surface area contributed by atoms with Gasteiger partial charge in [0.05, 0.1) is 24.8 Å². The summed E-state index contributed by atoms with van der Waals surface area (Å²) in [5, 5.41) is 3.46. The van der Waals surface area contributed by atoms with Crippen molar-refractivity contribution in [3.63, 3.8) is 0 Å². The highest BCUT2D eigenvalue weighted by molar-refractivity contribution is 5.85. The van der Waals surface area contributed by atoms with E-state index < -0.39 is 0 Å². The number of hydrogen-bond acceptors (Lipinski definition) is 9. The number of nitrogens with two attached hydrogens (primary N) is 1. The van der Waals surface area contributed by atoms with E-state index in [9.17, 15) is 0 Å². The third-order valence-electron chi connectivity index (χ3n) is 5.89. The summed E-state index contributed by atoms with van der Waals surface area (Å²) in [6.07, 6.45) is 9.20. The van der Waals surface area contributed by atoms with Gasteiger partial charge in [-0.05, 0) is 37.8 Å². The second kappa shape index (κ2) is 8.89. The van der Waals surface area contributed by atoms with Crippen molar-refractivity contribution in [3.05, 3.63) is 36.8 Å². The first kappa shape index (κ1) is 19.7. The summed E-state index contributed by atoms with van der Waals surface area (Å²) in [7, 11) is 0. The fourth-order valence-corrected chi connectivity index (χ4v) is 4.29. The molecule has 31 heavy (non-hydrogen) atoms. The van der Waals surface area contributed by atoms with Crippen LogP contribution in [0.1, 0.15) is 25.7 Å². The number of nitrogens with one attached hydrogen (secondary N) is 1. The Kier molecular flexibility index (Phi) is 5.66. The van der Waals surface area contributed by atoms with Crippen LogP contribution >= 0.6 is 0 Å². The molecule has 0 spiro atoms. The molecule has 162 valence electrons. The normalized spacial score (nSPS) is 21.7. The molecule has 1 aliphatic heterocycles. The Labute approximate surface area is 181 Å². The molecule has 0 radical (unpaired) electrons. The standard InChI is InChI=1S/C22H27N7O2/c23-22-26-6-5-20(28-22)27-15-1-3-17(4-2-15)31-19-14-16(29-9-11-30-12-10-29)13-18-21(19)25-8-7-24-18/h5-8,13-15,17H,1-4,9-12H2,(H3,23,26,27,28). The van der Waals surface area contributed by atoms with Gasteiger partial charge in [0.25, 0.3) is 0 Å². The van der Waals surface area contributed by atoms with Crippen molar-refractivity contribution >= 4 is 28.5 Å². The van der Waals surface area contributed by atoms with Crippen molar-refractivity contribution in [2.24, 2.45) is 0 Å². The van der Waals surface area contributed by atoms with Crippen LogP contribution in [0.3, 0.4) is 0 Å². The average molecular weight is 422 g/mol. The van der Waals surface area contributed by atoms with Crippen LogP contribution in [-0.4, -0.2) is 58.4 Å². The SMILES string of the molecule is Nc1nccc(NC2CCC(Oc3cc(N4CCOCC4)cc4nccnc34)CC2)n1. The van der Waals surface area contributed by atoms with E-state index in [0.29, 0.717) is 6.04 Å². The van der Waals surface area contributed by atoms with E-state index in [1.807, 2.05) is 6.07 Å². The average Bonchev–Trinajstić information content (AvgIpc) is 2.81. The maximum atomic E-state index is 6.48. The number of nitrogens with zero attached hydrogens (tertiary/aromatic N) is 5. The largest absolute Gasteiger partial charge is 0.488 e. The molecule has 0 bridgehead atoms. The minimum Gasteiger partial charge on any atom is -0.488 e. The number of aromatic nitrogens is 4. The number of benzene rings is 1. The summed E-state index contributed by atoms with van der Waals surface area (Å²) in [6, 6.07) is 6.40. The molecule has 2 aliphatic rings. The van der Waals surface area contributed by atoms with Crippen LogP contribution in [0.15, 0.2) is 36.8 Å². The third kappa shape index (κ3) is 4.61. The molecule has 0 unspecified atom stereocenters. The molecule has 3 N–H and O–H groups in total. The summed E-state index contributed by atoms with van der Waals surface area (Å²) in [5.74, 6) is 1.87. The zero-order valence-electron chi connectivity index (χ0n) is 17.4. The maximum absolute atomic E-state index is 6.48. The predicted molar refractivity (Wildman–Crippen MR) is 119 cm³/mol. The number of ether oxygens (including phenoxy) is 2. The zero-order chi connectivity index (χ0) is 21.0. The quantitative estimate of drug-likeness (QED) is 0.642. The fraction of sp³-hybridized carbons (Fsp3) is 0.455. The highest BCUT2D eigenvalue weighted by Crippen LogP contribution is 2.33. The minimum absolute atomic E-state index is 0.152. The molecule has 2 aromatic heterocycles. The molecule has 5 rings (SSSR count). The molecule has 9 heteroatoms. The van der Waals surface area contributed by atoms with E-state index in [1.165, 1.54) is 0 Å². The molecule has 9 nitrogen and oxygen atoms in total. The molecule has 2 fully saturated rings. The molecule has 1 aromatic carbocycles. The van der Waals surface area contributed by atoms with Gasteiger partial charge >= 0.3 is 0 Å². The van der Waals surface area contributed by atoms with Gasteiger partial charge in [0, 0.05) is 49.5 Å². The van der Waals surface area contributed by atoms with Gasteiger partial charge in [0.2, 0.25) is 5.95 Å². The summed E-state index contributed by atoms with van der Waals surface area (Å²) < 4.78 is 12.0. The van der Waals surface area contributed by atoms with E-state index in [1.54, 1.807) is 18.6 Å². The molecule has 0 atom stereocenters. The van der Waals surface area contributed by atoms with E-state index in [0.717, 1.165) is 80.3 Å². The van der Waals surface area contributed by atoms with Crippen molar-refractivity contribution in [1.82, 2.24) is 19.9 Å². The summed E-state index contributed by atoms with van der Waals surface area (Å²) >= 11 is 0. The molecule has 1 saturated carbocycles. The van der Waals surface area contributed by atoms with Gasteiger partial charge in [0.1, 0.15) is 17.1 Å². The van der Waals surface area contributed by atoms with E-state index >= 15 is 0 Å². The van der Waals surface area contributed by atoms with Crippen molar-refractivity contribution in [1.29, 1.82) is 0 Å². The first-order valence-corrected chi connectivity index (χ1v) is 10.8. The molecule has 3 aromatic rings. The predicted octanol–water partition coefficient (Wildman–Crippen LogP) is 2.64. The second-order valence-corrected chi connectivity index (χ2v) is 8.00. The van der Waals surface area contributed by atoms with Crippen LogP contribution in [0, 0.1) is 0 Å². The molecule has 0 amide bonds. The lowest BCUT2D eigenvalue weighted by atomic mass is 9.93. The van der Waals surface area contributed by atoms with Crippen LogP contribution < -0.4 is 20.7 Å². The number of anilines is 3. The lowest BCUT2D eigenvalue weighted by molar-refractivity contribution is 0.122. The Bertz CT molecular complexity index is 1030. The van der Waals surface area contributed by atoms with Crippen LogP contribution in [0.2, 0.25) is 0 Å². The van der Waals surface area contributed by atoms with Crippen molar-refractivity contribution < 1.29 is 9.47 Å². The molecular formula is C22H27N7O2. The van der Waals surface area contributed by atoms with Crippen molar-refractivity contribution in [2.45, 2.75) is 37.8 Å². The molecule has 1 saturated heterocycles. The lowest BCUT2D eigenvalue weighted by Gasteiger charge is -2.31. The van der Waals surface area contributed by atoms with E-state index in [2.05, 4.69) is 42.3 Å². The first-order valence-electron chi connectivity index (χ1n) is 10.8. The summed E-state index contributed by atoms with van der Waals surface area (Å²) in [6.45, 7) is 3.22. The number of morpholine rings is 1. The van der Waals surface area contributed by atoms with Gasteiger partial charge in [-0.2, -0.15) is 4.98 Å². The lowest BCUT2D eigenvalue weighted by Crippen LogP contribution is -2.36. The Morgan fingerprint density at radius 3 is 2.61 bits per heavy atom. The maximum Gasteiger partial charge on any atom is 0.221 e. The fourth-order valence-electron chi connectivity index (χ4n) is 4.29. The Hall–Kier alpha value is -3.20. The van der Waals surface area contributed by atoms with Gasteiger partial charge in [0.15, 0.2) is 0 Å². The van der Waals surface area contributed by atoms with E-state index in [4.69, 9.17) is 15.2 Å². The molecular weight excluding hydrogens is 394 g/mol. The van der Waals surface area contributed by atoms with Crippen LogP contribution in [-0.2, 0) is 4.74 Å². The number of hydrogen-bond donors (Lipinski definition) is 2. The van der Waals surface area contributed by atoms with Gasteiger partial charge in [-0.1, -0.05) is 0 Å². The number of nitrogen functional groups attached to an aromatic ring is 1. The Morgan fingerprint density at radius 2 is 1.81 bits per heavy atom. The summed E-state index contributed by atoms with van der Waals surface area (Å²) in [5.41, 5.74) is 8.47. The van der Waals surface area contributed by atoms with Gasteiger partial charge in [-0.3, -0.25) is 4.98 Å². The summed E-state index contributed by atoms with van der Waals surface area (Å²) in [4.78, 5) is 19.6. The smallest absolute Gasteiger partial charge is 0.221 e. The van der Waals surface area contributed by atoms with Crippen molar-refractivity contribution in [2.75, 3.05) is 42.3 Å². The van der Waals surface area contributed by atoms with Crippen LogP contribution in [0.25, 0.3) is 11.0 Å².